The average Bonchev–Trinajstić information content (AvgIpc) is 2.81. The molecular weight excluding hydrogens is 273 g/mol. The molecule has 1 unspecified atom stereocenters. The van der Waals surface area contributed by atoms with Crippen LogP contribution in [0.3, 0.4) is 0 Å². The van der Waals surface area contributed by atoms with Gasteiger partial charge in [0.15, 0.2) is 4.34 Å². The highest BCUT2D eigenvalue weighted by Gasteiger charge is 2.16. The highest BCUT2D eigenvalue weighted by molar-refractivity contribution is 8.02. The Labute approximate surface area is 112 Å². The Hall–Kier alpha value is -1.47. The van der Waals surface area contributed by atoms with E-state index < -0.39 is 0 Å². The Balaban J connectivity index is 1.95. The molecule has 0 saturated heterocycles. The number of nitrogens with one attached hydrogen (secondary N) is 1. The van der Waals surface area contributed by atoms with Gasteiger partial charge in [0.25, 0.3) is 0 Å². The van der Waals surface area contributed by atoms with E-state index in [0.717, 1.165) is 4.34 Å². The molecule has 0 fully saturated rings. The van der Waals surface area contributed by atoms with Crippen LogP contribution in [-0.2, 0) is 4.79 Å². The number of nitrogens with zero attached hydrogens (tertiary/aromatic N) is 2. The lowest BCUT2D eigenvalue weighted by atomic mass is 10.3. The normalized spacial score (nSPS) is 12.1. The van der Waals surface area contributed by atoms with Crippen molar-refractivity contribution >= 4 is 34.7 Å². The van der Waals surface area contributed by atoms with Gasteiger partial charge in [0.1, 0.15) is 11.3 Å². The van der Waals surface area contributed by atoms with Crippen molar-refractivity contribution in [2.24, 2.45) is 0 Å². The molecule has 0 spiro atoms. The molecule has 7 heteroatoms. The summed E-state index contributed by atoms with van der Waals surface area (Å²) in [6, 6.07) is 5.80. The molecule has 1 atom stereocenters. The predicted molar refractivity (Wildman–Crippen MR) is 70.3 cm³/mol. The minimum absolute atomic E-state index is 0.194. The minimum atomic E-state index is -0.378. The van der Waals surface area contributed by atoms with Crippen molar-refractivity contribution in [2.75, 3.05) is 5.32 Å². The summed E-state index contributed by atoms with van der Waals surface area (Å²) >= 11 is 2.70. The van der Waals surface area contributed by atoms with Crippen molar-refractivity contribution < 1.29 is 9.18 Å². The molecule has 0 aliphatic heterocycles. The van der Waals surface area contributed by atoms with E-state index >= 15 is 0 Å². The molecule has 1 N–H and O–H groups in total. The second-order valence-corrected chi connectivity index (χ2v) is 5.89. The van der Waals surface area contributed by atoms with Crippen LogP contribution in [0.25, 0.3) is 0 Å². The van der Waals surface area contributed by atoms with Crippen LogP contribution in [0.2, 0.25) is 0 Å². The molecule has 0 bridgehead atoms. The Kier molecular flexibility index (Phi) is 4.27. The fourth-order valence-electron chi connectivity index (χ4n) is 1.23. The molecule has 2 rings (SSSR count). The lowest BCUT2D eigenvalue weighted by Crippen LogP contribution is -2.22. The Morgan fingerprint density at radius 2 is 2.39 bits per heavy atom. The van der Waals surface area contributed by atoms with E-state index in [9.17, 15) is 9.18 Å². The maximum atomic E-state index is 13.0. The molecule has 1 amide bonds. The molecule has 0 aliphatic carbocycles. The van der Waals surface area contributed by atoms with Gasteiger partial charge in [0, 0.05) is 5.69 Å². The summed E-state index contributed by atoms with van der Waals surface area (Å²) in [6.45, 7) is 1.76. The second-order valence-electron chi connectivity index (χ2n) is 3.46. The van der Waals surface area contributed by atoms with E-state index in [0.29, 0.717) is 5.69 Å². The molecular formula is C11H10FN3OS2. The number of carbonyl (C=O) groups is 1. The molecule has 0 saturated carbocycles. The zero-order valence-electron chi connectivity index (χ0n) is 9.46. The van der Waals surface area contributed by atoms with Gasteiger partial charge in [-0.25, -0.2) is 4.39 Å². The minimum Gasteiger partial charge on any atom is -0.325 e. The van der Waals surface area contributed by atoms with E-state index in [1.54, 1.807) is 24.6 Å². The monoisotopic (exact) mass is 283 g/mol. The summed E-state index contributed by atoms with van der Waals surface area (Å²) in [5, 5.41) is 9.88. The highest BCUT2D eigenvalue weighted by Crippen LogP contribution is 2.25. The number of thioether (sulfide) groups is 1. The third kappa shape index (κ3) is 3.51. The molecule has 2 aromatic rings. The quantitative estimate of drug-likeness (QED) is 0.877. The van der Waals surface area contributed by atoms with Crippen LogP contribution >= 0.6 is 23.1 Å². The van der Waals surface area contributed by atoms with Crippen molar-refractivity contribution in [1.82, 2.24) is 10.2 Å². The largest absolute Gasteiger partial charge is 0.325 e. The summed E-state index contributed by atoms with van der Waals surface area (Å²) < 4.78 is 13.7. The zero-order chi connectivity index (χ0) is 13.0. The Morgan fingerprint density at radius 3 is 3.06 bits per heavy atom. The first-order chi connectivity index (χ1) is 8.65. The highest BCUT2D eigenvalue weighted by atomic mass is 32.2. The van der Waals surface area contributed by atoms with Crippen LogP contribution < -0.4 is 5.32 Å². The average molecular weight is 283 g/mol. The fraction of sp³-hybridized carbons (Fsp3) is 0.182. The van der Waals surface area contributed by atoms with Gasteiger partial charge in [0.05, 0.1) is 5.25 Å². The number of rotatable bonds is 4. The van der Waals surface area contributed by atoms with Crippen LogP contribution in [0.1, 0.15) is 6.92 Å². The predicted octanol–water partition coefficient (Wildman–Crippen LogP) is 2.80. The first-order valence-electron chi connectivity index (χ1n) is 5.14. The second kappa shape index (κ2) is 5.92. The van der Waals surface area contributed by atoms with Crippen molar-refractivity contribution in [2.45, 2.75) is 16.5 Å². The molecule has 1 aromatic heterocycles. The maximum absolute atomic E-state index is 13.0. The van der Waals surface area contributed by atoms with Crippen LogP contribution in [-0.4, -0.2) is 21.4 Å². The van der Waals surface area contributed by atoms with Gasteiger partial charge in [0.2, 0.25) is 5.91 Å². The van der Waals surface area contributed by atoms with Gasteiger partial charge in [-0.1, -0.05) is 29.2 Å². The number of hydrogen-bond donors (Lipinski definition) is 1. The van der Waals surface area contributed by atoms with Gasteiger partial charge in [-0.05, 0) is 25.1 Å². The van der Waals surface area contributed by atoms with Crippen molar-refractivity contribution in [1.29, 1.82) is 0 Å². The number of amides is 1. The standard InChI is InChI=1S/C11H10FN3OS2/c1-7(18-11-15-13-6-17-11)10(16)14-9-4-2-3-8(12)5-9/h2-7H,1H3,(H,14,16). The van der Waals surface area contributed by atoms with Gasteiger partial charge in [-0.3, -0.25) is 4.79 Å². The molecule has 1 heterocycles. The van der Waals surface area contributed by atoms with Crippen molar-refractivity contribution in [3.05, 3.63) is 35.6 Å². The third-order valence-corrected chi connectivity index (χ3v) is 3.99. The zero-order valence-corrected chi connectivity index (χ0v) is 11.1. The third-order valence-electron chi connectivity index (χ3n) is 2.08. The number of anilines is 1. The summed E-state index contributed by atoms with van der Waals surface area (Å²) in [5.41, 5.74) is 2.06. The van der Waals surface area contributed by atoms with E-state index in [2.05, 4.69) is 15.5 Å². The molecule has 0 radical (unpaired) electrons. The number of carbonyl (C=O) groups excluding carboxylic acids is 1. The maximum Gasteiger partial charge on any atom is 0.237 e. The van der Waals surface area contributed by atoms with Crippen LogP contribution in [0.5, 0.6) is 0 Å². The number of hydrogen-bond acceptors (Lipinski definition) is 5. The van der Waals surface area contributed by atoms with E-state index in [1.807, 2.05) is 0 Å². The van der Waals surface area contributed by atoms with E-state index in [1.165, 1.54) is 35.2 Å². The molecule has 18 heavy (non-hydrogen) atoms. The topological polar surface area (TPSA) is 54.9 Å². The lowest BCUT2D eigenvalue weighted by molar-refractivity contribution is -0.115. The Bertz CT molecular complexity index is 533. The van der Waals surface area contributed by atoms with Crippen molar-refractivity contribution in [3.63, 3.8) is 0 Å². The van der Waals surface area contributed by atoms with Crippen LogP contribution in [0.4, 0.5) is 10.1 Å². The summed E-state index contributed by atoms with van der Waals surface area (Å²) in [4.78, 5) is 11.9. The smallest absolute Gasteiger partial charge is 0.237 e. The summed E-state index contributed by atoms with van der Waals surface area (Å²) in [5.74, 6) is -0.571. The van der Waals surface area contributed by atoms with Gasteiger partial charge in [-0.2, -0.15) is 0 Å². The van der Waals surface area contributed by atoms with Gasteiger partial charge in [-0.15, -0.1) is 10.2 Å². The molecule has 1 aromatic carbocycles. The number of aromatic nitrogens is 2. The van der Waals surface area contributed by atoms with Gasteiger partial charge >= 0.3 is 0 Å². The fourth-order valence-corrected chi connectivity index (χ4v) is 2.85. The molecule has 0 aliphatic rings. The lowest BCUT2D eigenvalue weighted by Gasteiger charge is -2.10. The van der Waals surface area contributed by atoms with Crippen molar-refractivity contribution in [3.8, 4) is 0 Å². The van der Waals surface area contributed by atoms with Crippen LogP contribution in [0.15, 0.2) is 34.1 Å². The summed E-state index contributed by atoms with van der Waals surface area (Å²) in [6.07, 6.45) is 0. The SMILES string of the molecule is CC(Sc1nncs1)C(=O)Nc1cccc(F)c1. The number of benzene rings is 1. The molecule has 94 valence electrons. The van der Waals surface area contributed by atoms with Crippen LogP contribution in [0, 0.1) is 5.82 Å². The molecule has 4 nitrogen and oxygen atoms in total. The Morgan fingerprint density at radius 1 is 1.56 bits per heavy atom. The number of halogens is 1. The van der Waals surface area contributed by atoms with Gasteiger partial charge < -0.3 is 5.32 Å². The van der Waals surface area contributed by atoms with E-state index in [-0.39, 0.29) is 17.0 Å². The summed E-state index contributed by atoms with van der Waals surface area (Å²) in [7, 11) is 0. The first kappa shape index (κ1) is 13.0. The first-order valence-corrected chi connectivity index (χ1v) is 6.90. The van der Waals surface area contributed by atoms with E-state index in [4.69, 9.17) is 0 Å².